The summed E-state index contributed by atoms with van der Waals surface area (Å²) in [6, 6.07) is 16.8. The Labute approximate surface area is 239 Å². The van der Waals surface area contributed by atoms with Crippen molar-refractivity contribution in [3.63, 3.8) is 0 Å². The number of hydrogen-bond donors (Lipinski definition) is 0. The Morgan fingerprint density at radius 1 is 0.780 bits per heavy atom. The van der Waals surface area contributed by atoms with Gasteiger partial charge in [-0.15, -0.1) is 0 Å². The average Bonchev–Trinajstić information content (AvgIpc) is 3.75. The first-order chi connectivity index (χ1) is 19.7. The van der Waals surface area contributed by atoms with E-state index in [-0.39, 0.29) is 17.1 Å². The van der Waals surface area contributed by atoms with Gasteiger partial charge in [0.2, 0.25) is 0 Å². The number of epoxide rings is 1. The molecule has 1 saturated carbocycles. The van der Waals surface area contributed by atoms with Crippen LogP contribution in [0, 0.1) is 5.92 Å². The van der Waals surface area contributed by atoms with Gasteiger partial charge in [-0.2, -0.15) is 0 Å². The summed E-state index contributed by atoms with van der Waals surface area (Å²) in [5.41, 5.74) is 3.62. The number of carbonyl (C=O) groups excluding carboxylic acids is 2. The van der Waals surface area contributed by atoms with Crippen LogP contribution >= 0.6 is 0 Å². The molecule has 8 heteroatoms. The molecule has 0 amide bonds. The number of ether oxygens (including phenoxy) is 6. The number of esters is 2. The molecule has 0 spiro atoms. The van der Waals surface area contributed by atoms with Crippen LogP contribution in [0.3, 0.4) is 0 Å². The van der Waals surface area contributed by atoms with Crippen molar-refractivity contribution in [1.82, 2.24) is 0 Å². The van der Waals surface area contributed by atoms with E-state index in [4.69, 9.17) is 28.4 Å². The van der Waals surface area contributed by atoms with Crippen LogP contribution in [0.25, 0.3) is 22.3 Å². The van der Waals surface area contributed by atoms with Crippen LogP contribution in [-0.2, 0) is 14.3 Å². The van der Waals surface area contributed by atoms with E-state index in [9.17, 15) is 9.59 Å². The lowest BCUT2D eigenvalue weighted by molar-refractivity contribution is -0.133. The number of hydrogen-bond acceptors (Lipinski definition) is 8. The van der Waals surface area contributed by atoms with Crippen molar-refractivity contribution in [1.29, 1.82) is 0 Å². The minimum Gasteiger partial charge on any atom is -0.493 e. The van der Waals surface area contributed by atoms with Crippen LogP contribution in [-0.4, -0.2) is 45.0 Å². The van der Waals surface area contributed by atoms with Crippen molar-refractivity contribution in [2.75, 3.05) is 20.8 Å². The highest BCUT2D eigenvalue weighted by atomic mass is 16.6. The lowest BCUT2D eigenvalue weighted by Crippen LogP contribution is -2.20. The number of carbonyl (C=O) groups is 2. The minimum atomic E-state index is -0.617. The van der Waals surface area contributed by atoms with Crippen molar-refractivity contribution in [3.8, 4) is 51.0 Å². The molecule has 0 bridgehead atoms. The SMILES string of the molecule is C=C(C)C(=O)Oc1cc(-c2ccc(-c3ccc(OC)c(OC)c3)cc2OCC2CCC3OC3C2)ccc1OC(C)=O. The van der Waals surface area contributed by atoms with Crippen molar-refractivity contribution < 1.29 is 38.0 Å². The second kappa shape index (κ2) is 12.1. The van der Waals surface area contributed by atoms with Gasteiger partial charge in [0.15, 0.2) is 23.0 Å². The molecule has 3 aromatic carbocycles. The summed E-state index contributed by atoms with van der Waals surface area (Å²) >= 11 is 0. The van der Waals surface area contributed by atoms with Crippen molar-refractivity contribution in [2.24, 2.45) is 5.92 Å². The molecule has 0 radical (unpaired) electrons. The Morgan fingerprint density at radius 3 is 2.12 bits per heavy atom. The van der Waals surface area contributed by atoms with E-state index in [0.717, 1.165) is 41.5 Å². The molecule has 0 N–H and O–H groups in total. The Kier molecular flexibility index (Phi) is 8.31. The third-order valence-electron chi connectivity index (χ3n) is 7.35. The van der Waals surface area contributed by atoms with Crippen LogP contribution in [0.4, 0.5) is 0 Å². The van der Waals surface area contributed by atoms with Gasteiger partial charge in [-0.1, -0.05) is 30.8 Å². The van der Waals surface area contributed by atoms with E-state index in [0.29, 0.717) is 42.0 Å². The number of methoxy groups -OCH3 is 2. The molecule has 1 aliphatic heterocycles. The summed E-state index contributed by atoms with van der Waals surface area (Å²) in [5.74, 6) is 1.46. The minimum absolute atomic E-state index is 0.116. The monoisotopic (exact) mass is 558 g/mol. The molecule has 2 fully saturated rings. The number of benzene rings is 3. The van der Waals surface area contributed by atoms with Gasteiger partial charge in [0.1, 0.15) is 5.75 Å². The highest BCUT2D eigenvalue weighted by molar-refractivity contribution is 5.90. The summed E-state index contributed by atoms with van der Waals surface area (Å²) < 4.78 is 33.9. The molecule has 3 aromatic rings. The predicted molar refractivity (Wildman–Crippen MR) is 154 cm³/mol. The fraction of sp³-hybridized carbons (Fsp3) is 0.333. The first-order valence-corrected chi connectivity index (χ1v) is 13.6. The van der Waals surface area contributed by atoms with Crippen molar-refractivity contribution in [2.45, 2.75) is 45.3 Å². The molecule has 41 heavy (non-hydrogen) atoms. The van der Waals surface area contributed by atoms with Crippen LogP contribution in [0.1, 0.15) is 33.1 Å². The highest BCUT2D eigenvalue weighted by Crippen LogP contribution is 2.42. The van der Waals surface area contributed by atoms with Gasteiger partial charge in [0, 0.05) is 18.1 Å². The maximum absolute atomic E-state index is 12.4. The van der Waals surface area contributed by atoms with Crippen molar-refractivity contribution >= 4 is 11.9 Å². The zero-order valence-corrected chi connectivity index (χ0v) is 23.7. The average molecular weight is 559 g/mol. The van der Waals surface area contributed by atoms with E-state index in [1.807, 2.05) is 36.4 Å². The predicted octanol–water partition coefficient (Wildman–Crippen LogP) is 6.39. The Hall–Kier alpha value is -4.30. The standard InChI is InChI=1S/C33H34O8/c1-19(2)33(35)41-32-17-24(9-13-27(32)39-20(3)34)25-10-7-22(23-8-12-26(36-4)30(16-23)37-5)15-29(25)38-18-21-6-11-28-31(14-21)40-28/h7-10,12-13,15-17,21,28,31H,1,6,11,14,18H2,2-5H3. The largest absolute Gasteiger partial charge is 0.493 e. The third kappa shape index (κ3) is 6.55. The maximum Gasteiger partial charge on any atom is 0.338 e. The molecule has 1 aliphatic carbocycles. The van der Waals surface area contributed by atoms with Gasteiger partial charge in [-0.25, -0.2) is 4.79 Å². The molecule has 1 saturated heterocycles. The maximum atomic E-state index is 12.4. The summed E-state index contributed by atoms with van der Waals surface area (Å²) in [6.07, 6.45) is 3.89. The molecule has 5 rings (SSSR count). The summed E-state index contributed by atoms with van der Waals surface area (Å²) in [5, 5.41) is 0. The van der Waals surface area contributed by atoms with Crippen LogP contribution in [0.2, 0.25) is 0 Å². The lowest BCUT2D eigenvalue weighted by Gasteiger charge is -2.21. The lowest BCUT2D eigenvalue weighted by atomic mass is 9.90. The van der Waals surface area contributed by atoms with E-state index < -0.39 is 11.9 Å². The quantitative estimate of drug-likeness (QED) is 0.122. The summed E-state index contributed by atoms with van der Waals surface area (Å²) in [6.45, 7) is 7.04. The second-order valence-corrected chi connectivity index (χ2v) is 10.4. The normalized spacial score (nSPS) is 19.0. The molecular formula is C33H34O8. The van der Waals surface area contributed by atoms with Gasteiger partial charge in [-0.3, -0.25) is 4.79 Å². The van der Waals surface area contributed by atoms with E-state index in [1.165, 1.54) is 6.92 Å². The summed E-state index contributed by atoms with van der Waals surface area (Å²) in [4.78, 5) is 24.0. The summed E-state index contributed by atoms with van der Waals surface area (Å²) in [7, 11) is 3.21. The Bertz CT molecular complexity index is 1480. The van der Waals surface area contributed by atoms with E-state index in [2.05, 4.69) is 6.58 Å². The fourth-order valence-electron chi connectivity index (χ4n) is 5.10. The Balaban J connectivity index is 1.52. The van der Waals surface area contributed by atoms with E-state index >= 15 is 0 Å². The first kappa shape index (κ1) is 28.2. The highest BCUT2D eigenvalue weighted by Gasteiger charge is 2.43. The molecule has 8 nitrogen and oxygen atoms in total. The van der Waals surface area contributed by atoms with E-state index in [1.54, 1.807) is 39.3 Å². The number of fused-ring (bicyclic) bond motifs is 1. The van der Waals surface area contributed by atoms with Gasteiger partial charge in [0.25, 0.3) is 0 Å². The van der Waals surface area contributed by atoms with Crippen molar-refractivity contribution in [3.05, 3.63) is 66.7 Å². The molecule has 3 unspecified atom stereocenters. The zero-order chi connectivity index (χ0) is 29.1. The zero-order valence-electron chi connectivity index (χ0n) is 23.7. The molecule has 1 heterocycles. The molecular weight excluding hydrogens is 524 g/mol. The molecule has 2 aliphatic rings. The number of rotatable bonds is 10. The fourth-order valence-corrected chi connectivity index (χ4v) is 5.10. The van der Waals surface area contributed by atoms with Crippen LogP contribution in [0.15, 0.2) is 66.7 Å². The molecule has 3 atom stereocenters. The topological polar surface area (TPSA) is 92.8 Å². The van der Waals surface area contributed by atoms with Gasteiger partial charge in [0.05, 0.1) is 33.0 Å². The Morgan fingerprint density at radius 2 is 1.44 bits per heavy atom. The van der Waals surface area contributed by atoms with Gasteiger partial charge in [-0.05, 0) is 79.1 Å². The molecule has 0 aromatic heterocycles. The van der Waals surface area contributed by atoms with Crippen LogP contribution < -0.4 is 23.7 Å². The molecule has 214 valence electrons. The van der Waals surface area contributed by atoms with Gasteiger partial charge >= 0.3 is 11.9 Å². The third-order valence-corrected chi connectivity index (χ3v) is 7.35. The van der Waals surface area contributed by atoms with Gasteiger partial charge < -0.3 is 28.4 Å². The second-order valence-electron chi connectivity index (χ2n) is 10.4. The van der Waals surface area contributed by atoms with Crippen LogP contribution in [0.5, 0.6) is 28.7 Å². The first-order valence-electron chi connectivity index (χ1n) is 13.6. The smallest absolute Gasteiger partial charge is 0.338 e.